The third-order valence-electron chi connectivity index (χ3n) is 3.70. The summed E-state index contributed by atoms with van der Waals surface area (Å²) in [6.45, 7) is 2.30. The standard InChI is InChI=1S/C16H19N3O4S2/c1-2-3-8-25(21,22)17-7-6-15-18-13(10-24-15)11-4-5-12-14(9-11)23-16(20)19-12/h4-5,9-10,17H,2-3,6-8H2,1H3,(H,19,20). The minimum absolute atomic E-state index is 0.161. The molecule has 9 heteroatoms. The molecule has 0 saturated heterocycles. The first-order chi connectivity index (χ1) is 12.0. The van der Waals surface area contributed by atoms with Crippen molar-refractivity contribution >= 4 is 32.5 Å². The number of hydrogen-bond donors (Lipinski definition) is 2. The van der Waals surface area contributed by atoms with E-state index in [4.69, 9.17) is 4.42 Å². The van der Waals surface area contributed by atoms with Crippen LogP contribution in [0.3, 0.4) is 0 Å². The Kier molecular flexibility index (Phi) is 5.36. The summed E-state index contributed by atoms with van der Waals surface area (Å²) >= 11 is 1.48. The molecule has 0 unspecified atom stereocenters. The fourth-order valence-corrected chi connectivity index (χ4v) is 4.42. The maximum atomic E-state index is 11.8. The average molecular weight is 381 g/mol. The zero-order chi connectivity index (χ0) is 17.9. The van der Waals surface area contributed by atoms with Crippen LogP contribution in [0.5, 0.6) is 0 Å². The van der Waals surface area contributed by atoms with Crippen molar-refractivity contribution in [3.63, 3.8) is 0 Å². The smallest absolute Gasteiger partial charge is 0.408 e. The van der Waals surface area contributed by atoms with Crippen molar-refractivity contribution in [2.75, 3.05) is 12.3 Å². The Balaban J connectivity index is 1.64. The molecule has 3 rings (SSSR count). The van der Waals surface area contributed by atoms with Crippen LogP contribution in [0.25, 0.3) is 22.4 Å². The van der Waals surface area contributed by atoms with E-state index in [-0.39, 0.29) is 5.75 Å². The van der Waals surface area contributed by atoms with E-state index >= 15 is 0 Å². The summed E-state index contributed by atoms with van der Waals surface area (Å²) in [7, 11) is -3.20. The lowest BCUT2D eigenvalue weighted by molar-refractivity contribution is 0.555. The van der Waals surface area contributed by atoms with Gasteiger partial charge < -0.3 is 4.42 Å². The molecule has 7 nitrogen and oxygen atoms in total. The molecule has 0 aliphatic rings. The van der Waals surface area contributed by atoms with Crippen LogP contribution in [-0.4, -0.2) is 30.7 Å². The summed E-state index contributed by atoms with van der Waals surface area (Å²) < 4.78 is 31.2. The maximum absolute atomic E-state index is 11.8. The molecule has 0 radical (unpaired) electrons. The number of sulfonamides is 1. The van der Waals surface area contributed by atoms with Crippen LogP contribution < -0.4 is 10.5 Å². The van der Waals surface area contributed by atoms with E-state index in [2.05, 4.69) is 14.7 Å². The molecule has 0 spiro atoms. The minimum atomic E-state index is -3.20. The predicted octanol–water partition coefficient (Wildman–Crippen LogP) is 2.51. The second-order valence-corrected chi connectivity index (χ2v) is 8.54. The van der Waals surface area contributed by atoms with E-state index in [1.54, 1.807) is 12.1 Å². The van der Waals surface area contributed by atoms with Crippen molar-refractivity contribution in [3.05, 3.63) is 39.1 Å². The SMILES string of the molecule is CCCCS(=O)(=O)NCCc1nc(-c2ccc3[nH]c(=O)oc3c2)cs1. The number of thiazole rings is 1. The van der Waals surface area contributed by atoms with Gasteiger partial charge in [0, 0.05) is 23.9 Å². The van der Waals surface area contributed by atoms with E-state index < -0.39 is 15.8 Å². The first kappa shape index (κ1) is 17.8. The Morgan fingerprint density at radius 3 is 3.00 bits per heavy atom. The van der Waals surface area contributed by atoms with Crippen molar-refractivity contribution in [1.29, 1.82) is 0 Å². The van der Waals surface area contributed by atoms with Gasteiger partial charge in [0.2, 0.25) is 10.0 Å². The highest BCUT2D eigenvalue weighted by Gasteiger charge is 2.11. The van der Waals surface area contributed by atoms with E-state index in [0.29, 0.717) is 30.5 Å². The highest BCUT2D eigenvalue weighted by Crippen LogP contribution is 2.25. The van der Waals surface area contributed by atoms with E-state index in [0.717, 1.165) is 22.7 Å². The van der Waals surface area contributed by atoms with Gasteiger partial charge in [0.25, 0.3) is 0 Å². The summed E-state index contributed by atoms with van der Waals surface area (Å²) in [5.74, 6) is -0.324. The number of nitrogens with one attached hydrogen (secondary N) is 2. The van der Waals surface area contributed by atoms with Gasteiger partial charge in [-0.1, -0.05) is 19.4 Å². The van der Waals surface area contributed by atoms with Crippen molar-refractivity contribution in [1.82, 2.24) is 14.7 Å². The number of fused-ring (bicyclic) bond motifs is 1. The number of rotatable bonds is 8. The molecule has 0 bridgehead atoms. The molecule has 2 aromatic heterocycles. The summed E-state index contributed by atoms with van der Waals surface area (Å²) in [5, 5.41) is 2.76. The number of aromatic amines is 1. The fourth-order valence-electron chi connectivity index (χ4n) is 2.38. The summed E-state index contributed by atoms with van der Waals surface area (Å²) in [5.41, 5.74) is 2.76. The molecule has 0 amide bonds. The Hall–Kier alpha value is -1.97. The number of nitrogens with zero attached hydrogens (tertiary/aromatic N) is 1. The topological polar surface area (TPSA) is 105 Å². The van der Waals surface area contributed by atoms with Crippen molar-refractivity contribution < 1.29 is 12.8 Å². The van der Waals surface area contributed by atoms with Crippen molar-refractivity contribution in [2.45, 2.75) is 26.2 Å². The van der Waals surface area contributed by atoms with Gasteiger partial charge in [-0.3, -0.25) is 4.98 Å². The van der Waals surface area contributed by atoms with Crippen molar-refractivity contribution in [2.24, 2.45) is 0 Å². The van der Waals surface area contributed by atoms with Gasteiger partial charge in [0.1, 0.15) is 0 Å². The monoisotopic (exact) mass is 381 g/mol. The maximum Gasteiger partial charge on any atom is 0.417 e. The molecule has 0 aliphatic heterocycles. The second kappa shape index (κ2) is 7.51. The van der Waals surface area contributed by atoms with Gasteiger partial charge in [-0.25, -0.2) is 22.9 Å². The first-order valence-corrected chi connectivity index (χ1v) is 10.5. The Bertz CT molecular complexity index is 1020. The summed E-state index contributed by atoms with van der Waals surface area (Å²) in [6, 6.07) is 5.40. The van der Waals surface area contributed by atoms with Crippen molar-refractivity contribution in [3.8, 4) is 11.3 Å². The van der Waals surface area contributed by atoms with Gasteiger partial charge in [0.15, 0.2) is 5.58 Å². The van der Waals surface area contributed by atoms with Gasteiger partial charge in [-0.15, -0.1) is 11.3 Å². The number of benzene rings is 1. The number of H-pyrrole nitrogens is 1. The Morgan fingerprint density at radius 1 is 1.36 bits per heavy atom. The molecule has 1 aromatic carbocycles. The Labute approximate surface area is 149 Å². The Morgan fingerprint density at radius 2 is 2.20 bits per heavy atom. The molecule has 0 aliphatic carbocycles. The molecule has 2 N–H and O–H groups in total. The van der Waals surface area contributed by atoms with Crippen LogP contribution in [0, 0.1) is 0 Å². The number of hydrogen-bond acceptors (Lipinski definition) is 6. The van der Waals surface area contributed by atoms with E-state index in [9.17, 15) is 13.2 Å². The molecule has 3 aromatic rings. The van der Waals surface area contributed by atoms with Crippen LogP contribution >= 0.6 is 11.3 Å². The molecular formula is C16H19N3O4S2. The number of oxazole rings is 1. The van der Waals surface area contributed by atoms with E-state index in [1.807, 2.05) is 18.4 Å². The zero-order valence-corrected chi connectivity index (χ0v) is 15.4. The molecular weight excluding hydrogens is 362 g/mol. The largest absolute Gasteiger partial charge is 0.417 e. The third-order valence-corrected chi connectivity index (χ3v) is 6.07. The average Bonchev–Trinajstić information content (AvgIpc) is 3.17. The van der Waals surface area contributed by atoms with Crippen LogP contribution in [0.1, 0.15) is 24.8 Å². The van der Waals surface area contributed by atoms with Crippen LogP contribution in [-0.2, 0) is 16.4 Å². The molecule has 25 heavy (non-hydrogen) atoms. The first-order valence-electron chi connectivity index (χ1n) is 8.02. The third kappa shape index (κ3) is 4.56. The second-order valence-electron chi connectivity index (χ2n) is 5.67. The zero-order valence-electron chi connectivity index (χ0n) is 13.7. The number of aromatic nitrogens is 2. The van der Waals surface area contributed by atoms with Crippen LogP contribution in [0.15, 0.2) is 32.8 Å². The highest BCUT2D eigenvalue weighted by molar-refractivity contribution is 7.89. The van der Waals surface area contributed by atoms with Gasteiger partial charge in [-0.05, 0) is 18.6 Å². The highest BCUT2D eigenvalue weighted by atomic mass is 32.2. The predicted molar refractivity (Wildman–Crippen MR) is 98.3 cm³/mol. The lowest BCUT2D eigenvalue weighted by atomic mass is 10.1. The van der Waals surface area contributed by atoms with Crippen LogP contribution in [0.2, 0.25) is 0 Å². The molecule has 0 fully saturated rings. The van der Waals surface area contributed by atoms with Gasteiger partial charge >= 0.3 is 5.76 Å². The van der Waals surface area contributed by atoms with Gasteiger partial charge in [-0.2, -0.15) is 0 Å². The minimum Gasteiger partial charge on any atom is -0.408 e. The molecule has 0 saturated carbocycles. The molecule has 2 heterocycles. The number of unbranched alkanes of at least 4 members (excludes halogenated alkanes) is 1. The lowest BCUT2D eigenvalue weighted by Gasteiger charge is -2.04. The van der Waals surface area contributed by atoms with E-state index in [1.165, 1.54) is 11.3 Å². The van der Waals surface area contributed by atoms with Gasteiger partial charge in [0.05, 0.1) is 22.0 Å². The fraction of sp³-hybridized carbons (Fsp3) is 0.375. The quantitative estimate of drug-likeness (QED) is 0.624. The molecule has 0 atom stereocenters. The molecule has 134 valence electrons. The summed E-state index contributed by atoms with van der Waals surface area (Å²) in [6.07, 6.45) is 2.05. The normalized spacial score (nSPS) is 12.0. The summed E-state index contributed by atoms with van der Waals surface area (Å²) in [4.78, 5) is 18.3. The van der Waals surface area contributed by atoms with Crippen LogP contribution in [0.4, 0.5) is 0 Å². The lowest BCUT2D eigenvalue weighted by Crippen LogP contribution is -2.28.